The summed E-state index contributed by atoms with van der Waals surface area (Å²) in [4.78, 5) is 4.90. The number of hydrogen-bond donors (Lipinski definition) is 2. The summed E-state index contributed by atoms with van der Waals surface area (Å²) in [5.74, 6) is 1.27. The van der Waals surface area contributed by atoms with E-state index < -0.39 is 0 Å². The number of fused-ring (bicyclic) bond motifs is 1. The maximum absolute atomic E-state index is 9.00. The zero-order chi connectivity index (χ0) is 26.1. The minimum absolute atomic E-state index is 0. The fourth-order valence-corrected chi connectivity index (χ4v) is 4.43. The molecule has 0 saturated carbocycles. The van der Waals surface area contributed by atoms with E-state index in [1.54, 1.807) is 0 Å². The molecule has 0 fully saturated rings. The summed E-state index contributed by atoms with van der Waals surface area (Å²) < 4.78 is 0. The van der Waals surface area contributed by atoms with Crippen LogP contribution < -0.4 is 0 Å². The van der Waals surface area contributed by atoms with Gasteiger partial charge in [0.1, 0.15) is 0 Å². The molecule has 0 saturated heterocycles. The molecule has 0 amide bonds. The molecule has 0 aliphatic rings. The minimum atomic E-state index is -0.319. The van der Waals surface area contributed by atoms with E-state index >= 15 is 0 Å². The molecule has 3 rings (SSSR count). The third kappa shape index (κ3) is 10.1. The second-order valence-corrected chi connectivity index (χ2v) is 10.8. The molecule has 1 heterocycles. The van der Waals surface area contributed by atoms with Gasteiger partial charge in [-0.3, -0.25) is 0 Å². The van der Waals surface area contributed by atoms with Gasteiger partial charge >= 0.3 is 0 Å². The van der Waals surface area contributed by atoms with Crippen LogP contribution in [0.5, 0.6) is 0 Å². The van der Waals surface area contributed by atoms with Gasteiger partial charge in [-0.2, -0.15) is 0 Å². The predicted molar refractivity (Wildman–Crippen MR) is 150 cm³/mol. The molecule has 1 radical (unpaired) electrons. The standard InChI is InChI=1S/C25H30N.C7H16O2.Ir/c1-16(2)9-20-7-8-23-22(10-17(3)4)15-26-25(24(23)14-20)21-12-18(5)11-19(6)13-21;1-3-6(8)5-7(9)4-2;/h7-8,11-12,14-17H,9-10H2,1-6H3;6-9H,3-5H2,1-2H3;/q-1;;. The number of hydrogen-bond acceptors (Lipinski definition) is 3. The van der Waals surface area contributed by atoms with Crippen LogP contribution in [0.25, 0.3) is 22.0 Å². The van der Waals surface area contributed by atoms with Crippen molar-refractivity contribution in [3.63, 3.8) is 0 Å². The summed E-state index contributed by atoms with van der Waals surface area (Å²) in [6.45, 7) is 17.2. The minimum Gasteiger partial charge on any atom is -0.393 e. The van der Waals surface area contributed by atoms with E-state index in [-0.39, 0.29) is 32.3 Å². The first-order valence-corrected chi connectivity index (χ1v) is 13.3. The molecule has 0 aliphatic carbocycles. The Bertz CT molecular complexity index is 1050. The molecule has 2 unspecified atom stereocenters. The molecule has 3 nitrogen and oxygen atoms in total. The Morgan fingerprint density at radius 2 is 1.44 bits per heavy atom. The van der Waals surface area contributed by atoms with E-state index in [2.05, 4.69) is 84.1 Å². The second kappa shape index (κ2) is 15.6. The summed E-state index contributed by atoms with van der Waals surface area (Å²) in [7, 11) is 0. The third-order valence-corrected chi connectivity index (χ3v) is 6.20. The van der Waals surface area contributed by atoms with E-state index in [9.17, 15) is 0 Å². The number of aliphatic hydroxyl groups is 2. The van der Waals surface area contributed by atoms with Crippen molar-refractivity contribution in [3.8, 4) is 11.3 Å². The van der Waals surface area contributed by atoms with Crippen LogP contribution >= 0.6 is 0 Å². The number of aryl methyl sites for hydroxylation is 2. The van der Waals surface area contributed by atoms with Crippen LogP contribution in [0.4, 0.5) is 0 Å². The first-order chi connectivity index (χ1) is 16.5. The molecule has 201 valence electrons. The molecular weight excluding hydrogens is 623 g/mol. The zero-order valence-electron chi connectivity index (χ0n) is 23.5. The number of aliphatic hydroxyl groups excluding tert-OH is 2. The van der Waals surface area contributed by atoms with Crippen LogP contribution in [0, 0.1) is 31.7 Å². The van der Waals surface area contributed by atoms with Crippen molar-refractivity contribution >= 4 is 10.8 Å². The van der Waals surface area contributed by atoms with E-state index in [4.69, 9.17) is 15.2 Å². The quantitative estimate of drug-likeness (QED) is 0.231. The second-order valence-electron chi connectivity index (χ2n) is 10.8. The van der Waals surface area contributed by atoms with E-state index in [1.165, 1.54) is 33.0 Å². The van der Waals surface area contributed by atoms with Gasteiger partial charge < -0.3 is 15.2 Å². The average Bonchev–Trinajstić information content (AvgIpc) is 2.78. The van der Waals surface area contributed by atoms with Gasteiger partial charge in [-0.15, -0.1) is 34.9 Å². The predicted octanol–water partition coefficient (Wildman–Crippen LogP) is 7.63. The van der Waals surface area contributed by atoms with Crippen molar-refractivity contribution in [2.45, 2.75) is 99.7 Å². The molecule has 0 bridgehead atoms. The smallest absolute Gasteiger partial charge is 0.0562 e. The number of rotatable bonds is 9. The van der Waals surface area contributed by atoms with Crippen molar-refractivity contribution in [2.24, 2.45) is 11.8 Å². The molecule has 4 heteroatoms. The van der Waals surface area contributed by atoms with Gasteiger partial charge in [0.05, 0.1) is 12.2 Å². The zero-order valence-corrected chi connectivity index (χ0v) is 25.9. The maximum atomic E-state index is 9.00. The van der Waals surface area contributed by atoms with Gasteiger partial charge in [0.2, 0.25) is 0 Å². The van der Waals surface area contributed by atoms with Crippen LogP contribution in [0.15, 0.2) is 36.5 Å². The largest absolute Gasteiger partial charge is 0.393 e. The number of pyridine rings is 1. The Morgan fingerprint density at radius 1 is 0.833 bits per heavy atom. The Balaban J connectivity index is 0.000000557. The van der Waals surface area contributed by atoms with Crippen molar-refractivity contribution < 1.29 is 30.3 Å². The maximum Gasteiger partial charge on any atom is 0.0562 e. The van der Waals surface area contributed by atoms with E-state index in [1.807, 2.05) is 13.8 Å². The third-order valence-electron chi connectivity index (χ3n) is 6.20. The summed E-state index contributed by atoms with van der Waals surface area (Å²) in [5.41, 5.74) is 7.33. The van der Waals surface area contributed by atoms with Crippen molar-refractivity contribution in [1.29, 1.82) is 0 Å². The Morgan fingerprint density at radius 3 is 1.97 bits per heavy atom. The average molecular weight is 669 g/mol. The van der Waals surface area contributed by atoms with Crippen LogP contribution in [-0.4, -0.2) is 27.4 Å². The van der Waals surface area contributed by atoms with Gasteiger partial charge in [0.15, 0.2) is 0 Å². The Kier molecular flexibility index (Phi) is 14.1. The van der Waals surface area contributed by atoms with Gasteiger partial charge in [-0.05, 0) is 71.5 Å². The molecule has 1 aromatic heterocycles. The van der Waals surface area contributed by atoms with Gasteiger partial charge in [0, 0.05) is 26.3 Å². The number of nitrogens with zero attached hydrogens (tertiary/aromatic N) is 1. The topological polar surface area (TPSA) is 53.4 Å². The summed E-state index contributed by atoms with van der Waals surface area (Å²) in [6.07, 6.45) is 5.58. The number of aromatic nitrogens is 1. The molecule has 2 aromatic carbocycles. The molecule has 36 heavy (non-hydrogen) atoms. The SMILES string of the molecule is CCC(O)CC(O)CC.Cc1[c-]c(-c2ncc(CC(C)C)c3ccc(CC(C)C)cc23)cc(C)c1.[Ir]. The fraction of sp³-hybridized carbons (Fsp3) is 0.531. The van der Waals surface area contributed by atoms with Crippen LogP contribution in [0.3, 0.4) is 0 Å². The molecule has 0 spiro atoms. The van der Waals surface area contributed by atoms with Gasteiger partial charge in [0.25, 0.3) is 0 Å². The summed E-state index contributed by atoms with van der Waals surface area (Å²) in [5, 5.41) is 20.6. The monoisotopic (exact) mass is 669 g/mol. The van der Waals surface area contributed by atoms with Crippen molar-refractivity contribution in [2.75, 3.05) is 0 Å². The molecular formula is C32H46IrNO2-. The number of benzene rings is 2. The van der Waals surface area contributed by atoms with Gasteiger partial charge in [-0.25, -0.2) is 0 Å². The Hall–Kier alpha value is -1.58. The molecule has 2 N–H and O–H groups in total. The molecule has 0 aliphatic heterocycles. The van der Waals surface area contributed by atoms with E-state index in [0.717, 1.165) is 36.9 Å². The van der Waals surface area contributed by atoms with Gasteiger partial charge in [-0.1, -0.05) is 73.6 Å². The first-order valence-electron chi connectivity index (χ1n) is 13.3. The van der Waals surface area contributed by atoms with Crippen LogP contribution in [-0.2, 0) is 32.9 Å². The Labute approximate surface area is 233 Å². The fourth-order valence-electron chi connectivity index (χ4n) is 4.43. The van der Waals surface area contributed by atoms with Crippen molar-refractivity contribution in [3.05, 3.63) is 64.8 Å². The van der Waals surface area contributed by atoms with Crippen LogP contribution in [0.2, 0.25) is 0 Å². The summed E-state index contributed by atoms with van der Waals surface area (Å²) >= 11 is 0. The summed E-state index contributed by atoms with van der Waals surface area (Å²) in [6, 6.07) is 14.8. The van der Waals surface area contributed by atoms with E-state index in [0.29, 0.717) is 18.3 Å². The van der Waals surface area contributed by atoms with Crippen molar-refractivity contribution in [1.82, 2.24) is 4.98 Å². The van der Waals surface area contributed by atoms with Crippen LogP contribution in [0.1, 0.15) is 83.1 Å². The normalized spacial score (nSPS) is 12.8. The molecule has 3 aromatic rings. The molecule has 2 atom stereocenters. The first kappa shape index (κ1) is 32.4.